The van der Waals surface area contributed by atoms with Crippen LogP contribution in [0.1, 0.15) is 32.7 Å². The largest absolute Gasteiger partial charge is 0.497 e. The lowest BCUT2D eigenvalue weighted by Gasteiger charge is -2.11. The maximum absolute atomic E-state index is 6.58. The lowest BCUT2D eigenvalue weighted by Crippen LogP contribution is -1.93. The summed E-state index contributed by atoms with van der Waals surface area (Å²) in [7, 11) is 1.63. The molecule has 0 spiro atoms. The monoisotopic (exact) mass is 312 g/mol. The van der Waals surface area contributed by atoms with Gasteiger partial charge in [-0.3, -0.25) is 0 Å². The van der Waals surface area contributed by atoms with E-state index in [0.29, 0.717) is 5.02 Å². The van der Waals surface area contributed by atoms with Gasteiger partial charge in [0.15, 0.2) is 0 Å². The molecular formula is C15H14Cl2OS. The SMILES string of the molecule is COc1ccc(C(Cl)c2cc3c(s2)CCC3)c(Cl)c1. The predicted octanol–water partition coefficient (Wildman–Crippen LogP) is 5.23. The molecule has 0 saturated heterocycles. The van der Waals surface area contributed by atoms with Gasteiger partial charge in [-0.25, -0.2) is 0 Å². The van der Waals surface area contributed by atoms with Crippen LogP contribution in [0.5, 0.6) is 5.75 Å². The van der Waals surface area contributed by atoms with E-state index in [1.807, 2.05) is 29.5 Å². The number of alkyl halides is 1. The van der Waals surface area contributed by atoms with Crippen molar-refractivity contribution in [1.82, 2.24) is 0 Å². The minimum Gasteiger partial charge on any atom is -0.497 e. The zero-order valence-corrected chi connectivity index (χ0v) is 12.9. The molecule has 3 rings (SSSR count). The number of fused-ring (bicyclic) bond motifs is 1. The Kier molecular flexibility index (Phi) is 3.75. The summed E-state index contributed by atoms with van der Waals surface area (Å²) in [5.74, 6) is 0.756. The minimum atomic E-state index is -0.172. The van der Waals surface area contributed by atoms with Crippen molar-refractivity contribution in [2.45, 2.75) is 24.6 Å². The average Bonchev–Trinajstić information content (AvgIpc) is 2.98. The maximum Gasteiger partial charge on any atom is 0.120 e. The number of halogens is 2. The molecule has 1 nitrogen and oxygen atoms in total. The van der Waals surface area contributed by atoms with E-state index in [4.69, 9.17) is 27.9 Å². The molecular weight excluding hydrogens is 299 g/mol. The van der Waals surface area contributed by atoms with Crippen molar-refractivity contribution in [3.05, 3.63) is 50.2 Å². The molecule has 1 atom stereocenters. The van der Waals surface area contributed by atoms with Crippen LogP contribution in [0.15, 0.2) is 24.3 Å². The molecule has 1 aliphatic rings. The van der Waals surface area contributed by atoms with Crippen LogP contribution in [0.3, 0.4) is 0 Å². The van der Waals surface area contributed by atoms with E-state index in [-0.39, 0.29) is 5.38 Å². The van der Waals surface area contributed by atoms with Gasteiger partial charge in [0.25, 0.3) is 0 Å². The van der Waals surface area contributed by atoms with Gasteiger partial charge in [-0.2, -0.15) is 0 Å². The number of benzene rings is 1. The maximum atomic E-state index is 6.58. The fourth-order valence-electron chi connectivity index (χ4n) is 2.47. The smallest absolute Gasteiger partial charge is 0.120 e. The van der Waals surface area contributed by atoms with E-state index in [1.54, 1.807) is 7.11 Å². The highest BCUT2D eigenvalue weighted by atomic mass is 35.5. The van der Waals surface area contributed by atoms with E-state index < -0.39 is 0 Å². The standard InChI is InChI=1S/C15H14Cl2OS/c1-18-10-5-6-11(12(16)8-10)15(17)14-7-9-3-2-4-13(9)19-14/h5-8,15H,2-4H2,1H3. The third kappa shape index (κ3) is 2.49. The summed E-state index contributed by atoms with van der Waals surface area (Å²) in [4.78, 5) is 2.68. The van der Waals surface area contributed by atoms with Crippen LogP contribution < -0.4 is 4.74 Å². The van der Waals surface area contributed by atoms with E-state index >= 15 is 0 Å². The molecule has 0 N–H and O–H groups in total. The van der Waals surface area contributed by atoms with Crippen molar-refractivity contribution in [2.75, 3.05) is 7.11 Å². The first-order valence-corrected chi connectivity index (χ1v) is 7.91. The van der Waals surface area contributed by atoms with Crippen LogP contribution in [0.2, 0.25) is 5.02 Å². The quantitative estimate of drug-likeness (QED) is 0.705. The van der Waals surface area contributed by atoms with Crippen molar-refractivity contribution in [2.24, 2.45) is 0 Å². The Labute approximate surface area is 127 Å². The van der Waals surface area contributed by atoms with Gasteiger partial charge in [0.2, 0.25) is 0 Å². The van der Waals surface area contributed by atoms with Crippen molar-refractivity contribution < 1.29 is 4.74 Å². The van der Waals surface area contributed by atoms with Gasteiger partial charge in [-0.05, 0) is 48.6 Å². The molecule has 100 valence electrons. The second-order valence-corrected chi connectivity index (χ2v) is 6.71. The second kappa shape index (κ2) is 5.35. The van der Waals surface area contributed by atoms with Crippen molar-refractivity contribution in [3.8, 4) is 5.75 Å². The summed E-state index contributed by atoms with van der Waals surface area (Å²) < 4.78 is 5.16. The van der Waals surface area contributed by atoms with Crippen molar-refractivity contribution in [3.63, 3.8) is 0 Å². The third-order valence-corrected chi connectivity index (χ3v) is 5.72. The van der Waals surface area contributed by atoms with Crippen LogP contribution in [0.4, 0.5) is 0 Å². The molecule has 1 heterocycles. The minimum absolute atomic E-state index is 0.172. The number of ether oxygens (including phenoxy) is 1. The first-order chi connectivity index (χ1) is 9.19. The Balaban J connectivity index is 1.92. The lowest BCUT2D eigenvalue weighted by atomic mass is 10.1. The van der Waals surface area contributed by atoms with Crippen LogP contribution in [-0.4, -0.2) is 7.11 Å². The number of hydrogen-bond acceptors (Lipinski definition) is 2. The molecule has 1 aromatic heterocycles. The number of thiophene rings is 1. The molecule has 0 saturated carbocycles. The normalized spacial score (nSPS) is 15.3. The molecule has 0 fully saturated rings. The Bertz CT molecular complexity index is 585. The molecule has 0 aliphatic heterocycles. The van der Waals surface area contributed by atoms with Gasteiger partial charge in [0, 0.05) is 14.8 Å². The molecule has 0 radical (unpaired) electrons. The van der Waals surface area contributed by atoms with Crippen LogP contribution in [-0.2, 0) is 12.8 Å². The zero-order valence-electron chi connectivity index (χ0n) is 10.6. The predicted molar refractivity (Wildman–Crippen MR) is 82.0 cm³/mol. The van der Waals surface area contributed by atoms with Gasteiger partial charge < -0.3 is 4.74 Å². The fraction of sp³-hybridized carbons (Fsp3) is 0.333. The Hall–Kier alpha value is -0.700. The highest BCUT2D eigenvalue weighted by molar-refractivity contribution is 7.12. The Morgan fingerprint density at radius 1 is 1.26 bits per heavy atom. The summed E-state index contributed by atoms with van der Waals surface area (Å²) in [6.07, 6.45) is 3.66. The van der Waals surface area contributed by atoms with E-state index in [9.17, 15) is 0 Å². The topological polar surface area (TPSA) is 9.23 Å². The van der Waals surface area contributed by atoms with Crippen LogP contribution in [0.25, 0.3) is 0 Å². The summed E-state index contributed by atoms with van der Waals surface area (Å²) in [6, 6.07) is 7.90. The van der Waals surface area contributed by atoms with Gasteiger partial charge >= 0.3 is 0 Å². The number of rotatable bonds is 3. The summed E-state index contributed by atoms with van der Waals surface area (Å²) in [5.41, 5.74) is 2.42. The second-order valence-electron chi connectivity index (χ2n) is 4.70. The Morgan fingerprint density at radius 3 is 2.79 bits per heavy atom. The highest BCUT2D eigenvalue weighted by Gasteiger charge is 2.21. The summed E-state index contributed by atoms with van der Waals surface area (Å²) in [5, 5.41) is 0.488. The lowest BCUT2D eigenvalue weighted by molar-refractivity contribution is 0.414. The molecule has 4 heteroatoms. The van der Waals surface area contributed by atoms with Crippen LogP contribution >= 0.6 is 34.5 Å². The van der Waals surface area contributed by atoms with Crippen molar-refractivity contribution >= 4 is 34.5 Å². The third-order valence-electron chi connectivity index (χ3n) is 3.50. The Morgan fingerprint density at radius 2 is 2.11 bits per heavy atom. The van der Waals surface area contributed by atoms with Gasteiger partial charge in [-0.15, -0.1) is 22.9 Å². The van der Waals surface area contributed by atoms with E-state index in [0.717, 1.165) is 11.3 Å². The average molecular weight is 313 g/mol. The van der Waals surface area contributed by atoms with Gasteiger partial charge in [0.1, 0.15) is 5.75 Å². The molecule has 0 bridgehead atoms. The molecule has 2 aromatic rings. The zero-order chi connectivity index (χ0) is 13.4. The molecule has 0 amide bonds. The first kappa shape index (κ1) is 13.3. The van der Waals surface area contributed by atoms with E-state index in [1.165, 1.54) is 34.6 Å². The summed E-state index contributed by atoms with van der Waals surface area (Å²) >= 11 is 14.7. The van der Waals surface area contributed by atoms with Crippen molar-refractivity contribution in [1.29, 1.82) is 0 Å². The number of hydrogen-bond donors (Lipinski definition) is 0. The molecule has 1 aliphatic carbocycles. The summed E-state index contributed by atoms with van der Waals surface area (Å²) in [6.45, 7) is 0. The highest BCUT2D eigenvalue weighted by Crippen LogP contribution is 2.41. The first-order valence-electron chi connectivity index (χ1n) is 6.28. The molecule has 1 unspecified atom stereocenters. The van der Waals surface area contributed by atoms with Gasteiger partial charge in [0.05, 0.1) is 12.5 Å². The van der Waals surface area contributed by atoms with Crippen LogP contribution in [0, 0.1) is 0 Å². The molecule has 1 aromatic carbocycles. The van der Waals surface area contributed by atoms with E-state index in [2.05, 4.69) is 6.07 Å². The molecule has 19 heavy (non-hydrogen) atoms. The number of aryl methyl sites for hydroxylation is 2. The number of methoxy groups -OCH3 is 1. The van der Waals surface area contributed by atoms with Gasteiger partial charge in [-0.1, -0.05) is 17.7 Å². The fourth-order valence-corrected chi connectivity index (χ4v) is 4.45.